The minimum atomic E-state index is -2.78. The Bertz CT molecular complexity index is 496. The quantitative estimate of drug-likeness (QED) is 0.769. The van der Waals surface area contributed by atoms with E-state index in [-0.39, 0.29) is 5.75 Å². The van der Waals surface area contributed by atoms with Gasteiger partial charge in [-0.25, -0.2) is 0 Å². The van der Waals surface area contributed by atoms with E-state index in [0.717, 1.165) is 12.0 Å². The molecule has 128 valence electrons. The zero-order valence-electron chi connectivity index (χ0n) is 13.4. The van der Waals surface area contributed by atoms with Crippen molar-refractivity contribution in [3.63, 3.8) is 0 Å². The molecule has 0 aromatic heterocycles. The molecule has 23 heavy (non-hydrogen) atoms. The number of benzene rings is 1. The number of halogens is 2. The van der Waals surface area contributed by atoms with Crippen molar-refractivity contribution in [1.82, 2.24) is 10.6 Å². The van der Waals surface area contributed by atoms with Crippen molar-refractivity contribution in [3.8, 4) is 5.75 Å². The molecule has 0 heterocycles. The van der Waals surface area contributed by atoms with Gasteiger partial charge in [-0.05, 0) is 55.1 Å². The third-order valence-corrected chi connectivity index (χ3v) is 4.54. The molecule has 3 nitrogen and oxygen atoms in total. The second-order valence-electron chi connectivity index (χ2n) is 6.04. The monoisotopic (exact) mass is 342 g/mol. The van der Waals surface area contributed by atoms with E-state index >= 15 is 0 Å². The molecule has 1 fully saturated rings. The average molecular weight is 342 g/mol. The van der Waals surface area contributed by atoms with Crippen molar-refractivity contribution in [1.29, 1.82) is 0 Å². The van der Waals surface area contributed by atoms with Crippen LogP contribution < -0.4 is 15.4 Å². The molecule has 0 amide bonds. The average Bonchev–Trinajstić information content (AvgIpc) is 2.51. The Morgan fingerprint density at radius 3 is 2.61 bits per heavy atom. The van der Waals surface area contributed by atoms with Gasteiger partial charge in [0, 0.05) is 12.6 Å². The van der Waals surface area contributed by atoms with Crippen LogP contribution in [0.5, 0.6) is 5.75 Å². The number of hydrogen-bond donors (Lipinski definition) is 2. The summed E-state index contributed by atoms with van der Waals surface area (Å²) < 4.78 is 28.5. The molecule has 2 rings (SSSR count). The van der Waals surface area contributed by atoms with E-state index in [0.29, 0.717) is 23.6 Å². The molecule has 2 atom stereocenters. The molecule has 0 unspecified atom stereocenters. The topological polar surface area (TPSA) is 33.3 Å². The van der Waals surface area contributed by atoms with Gasteiger partial charge in [-0.15, -0.1) is 0 Å². The zero-order valence-corrected chi connectivity index (χ0v) is 14.2. The van der Waals surface area contributed by atoms with E-state index in [1.807, 2.05) is 0 Å². The Labute approximate surface area is 141 Å². The van der Waals surface area contributed by atoms with E-state index in [1.54, 1.807) is 24.3 Å². The second-order valence-corrected chi connectivity index (χ2v) is 6.45. The maximum absolute atomic E-state index is 12.1. The van der Waals surface area contributed by atoms with Crippen LogP contribution >= 0.6 is 12.2 Å². The molecule has 0 radical (unpaired) electrons. The predicted molar refractivity (Wildman–Crippen MR) is 91.9 cm³/mol. The lowest BCUT2D eigenvalue weighted by atomic mass is 9.86. The highest BCUT2D eigenvalue weighted by Gasteiger charge is 2.21. The summed E-state index contributed by atoms with van der Waals surface area (Å²) in [5.41, 5.74) is 1.05. The molecule has 1 aliphatic rings. The fourth-order valence-corrected chi connectivity index (χ4v) is 3.16. The van der Waals surface area contributed by atoms with Crippen LogP contribution in [0.1, 0.15) is 38.2 Å². The predicted octanol–water partition coefficient (Wildman–Crippen LogP) is 3.87. The summed E-state index contributed by atoms with van der Waals surface area (Å²) in [5.74, 6) is 0.839. The highest BCUT2D eigenvalue weighted by atomic mass is 32.1. The molecular weight excluding hydrogens is 318 g/mol. The van der Waals surface area contributed by atoms with Gasteiger partial charge >= 0.3 is 6.61 Å². The fraction of sp³-hybridized carbons (Fsp3) is 0.588. The van der Waals surface area contributed by atoms with Crippen molar-refractivity contribution in [3.05, 3.63) is 29.8 Å². The van der Waals surface area contributed by atoms with Crippen LogP contribution in [0, 0.1) is 5.92 Å². The van der Waals surface area contributed by atoms with Crippen molar-refractivity contribution in [2.24, 2.45) is 5.92 Å². The smallest absolute Gasteiger partial charge is 0.387 e. The van der Waals surface area contributed by atoms with E-state index in [4.69, 9.17) is 12.2 Å². The van der Waals surface area contributed by atoms with Gasteiger partial charge in [0.15, 0.2) is 5.11 Å². The molecule has 1 aromatic rings. The van der Waals surface area contributed by atoms with Gasteiger partial charge < -0.3 is 15.4 Å². The summed E-state index contributed by atoms with van der Waals surface area (Å²) in [5, 5.41) is 7.31. The minimum Gasteiger partial charge on any atom is -0.435 e. The number of ether oxygens (including phenoxy) is 1. The first-order valence-electron chi connectivity index (χ1n) is 8.12. The Kier molecular flexibility index (Phi) is 7.02. The Hall–Kier alpha value is -1.43. The molecule has 6 heteroatoms. The van der Waals surface area contributed by atoms with Gasteiger partial charge in [-0.3, -0.25) is 0 Å². The number of alkyl halides is 2. The van der Waals surface area contributed by atoms with Crippen LogP contribution in [0.15, 0.2) is 24.3 Å². The lowest BCUT2D eigenvalue weighted by Gasteiger charge is -2.30. The molecule has 1 saturated carbocycles. The van der Waals surface area contributed by atoms with Crippen LogP contribution in [0.2, 0.25) is 0 Å². The largest absolute Gasteiger partial charge is 0.435 e. The van der Waals surface area contributed by atoms with Gasteiger partial charge in [0.1, 0.15) is 5.75 Å². The molecule has 1 aliphatic carbocycles. The SMILES string of the molecule is C[C@H]1CCCC[C@H]1NC(=S)NCCc1ccc(OC(F)F)cc1. The van der Waals surface area contributed by atoms with Gasteiger partial charge in [-0.2, -0.15) is 8.78 Å². The van der Waals surface area contributed by atoms with Crippen LogP contribution in [0.25, 0.3) is 0 Å². The summed E-state index contributed by atoms with van der Waals surface area (Å²) in [6.07, 6.45) is 5.78. The second kappa shape index (κ2) is 9.01. The normalized spacial score (nSPS) is 21.0. The van der Waals surface area contributed by atoms with E-state index in [1.165, 1.54) is 25.7 Å². The lowest BCUT2D eigenvalue weighted by Crippen LogP contribution is -2.46. The number of thiocarbonyl (C=S) groups is 1. The summed E-state index contributed by atoms with van der Waals surface area (Å²) in [4.78, 5) is 0. The summed E-state index contributed by atoms with van der Waals surface area (Å²) in [6.45, 7) is 0.193. The Balaban J connectivity index is 1.68. The lowest BCUT2D eigenvalue weighted by molar-refractivity contribution is -0.0498. The van der Waals surface area contributed by atoms with Crippen molar-refractivity contribution < 1.29 is 13.5 Å². The summed E-state index contributed by atoms with van der Waals surface area (Å²) >= 11 is 5.35. The highest BCUT2D eigenvalue weighted by Crippen LogP contribution is 2.23. The number of hydrogen-bond acceptors (Lipinski definition) is 2. The van der Waals surface area contributed by atoms with Crippen LogP contribution in [0.3, 0.4) is 0 Å². The summed E-state index contributed by atoms with van der Waals surface area (Å²) in [7, 11) is 0. The summed E-state index contributed by atoms with van der Waals surface area (Å²) in [6, 6.07) is 7.16. The van der Waals surface area contributed by atoms with Crippen molar-refractivity contribution >= 4 is 17.3 Å². The van der Waals surface area contributed by atoms with Crippen LogP contribution in [0.4, 0.5) is 8.78 Å². The van der Waals surface area contributed by atoms with Crippen molar-refractivity contribution in [2.45, 2.75) is 51.7 Å². The van der Waals surface area contributed by atoms with E-state index in [2.05, 4.69) is 22.3 Å². The molecule has 0 aliphatic heterocycles. The Morgan fingerprint density at radius 1 is 1.26 bits per heavy atom. The van der Waals surface area contributed by atoms with Gasteiger partial charge in [0.05, 0.1) is 0 Å². The Morgan fingerprint density at radius 2 is 1.96 bits per heavy atom. The third kappa shape index (κ3) is 6.29. The molecular formula is C17H24F2N2OS. The third-order valence-electron chi connectivity index (χ3n) is 4.28. The van der Waals surface area contributed by atoms with Crippen molar-refractivity contribution in [2.75, 3.05) is 6.54 Å². The molecule has 2 N–H and O–H groups in total. The fourth-order valence-electron chi connectivity index (χ4n) is 2.91. The van der Waals surface area contributed by atoms with E-state index < -0.39 is 6.61 Å². The van der Waals surface area contributed by atoms with Crippen LogP contribution in [-0.2, 0) is 6.42 Å². The molecule has 1 aromatic carbocycles. The molecule has 0 spiro atoms. The number of nitrogens with one attached hydrogen (secondary N) is 2. The van der Waals surface area contributed by atoms with E-state index in [9.17, 15) is 8.78 Å². The maximum Gasteiger partial charge on any atom is 0.387 e. The van der Waals surface area contributed by atoms with Gasteiger partial charge in [0.25, 0.3) is 0 Å². The van der Waals surface area contributed by atoms with Gasteiger partial charge in [-0.1, -0.05) is 31.9 Å². The maximum atomic E-state index is 12.1. The first kappa shape index (κ1) is 17.9. The molecule has 0 saturated heterocycles. The standard InChI is InChI=1S/C17H24F2N2OS/c1-12-4-2-3-5-15(12)21-17(23)20-11-10-13-6-8-14(9-7-13)22-16(18)19/h6-9,12,15-16H,2-5,10-11H2,1H3,(H2,20,21,23)/t12-,15+/m0/s1. The minimum absolute atomic E-state index is 0.181. The molecule has 0 bridgehead atoms. The van der Waals surface area contributed by atoms with Gasteiger partial charge in [0.2, 0.25) is 0 Å². The first-order valence-corrected chi connectivity index (χ1v) is 8.53. The first-order chi connectivity index (χ1) is 11.0. The zero-order chi connectivity index (χ0) is 16.7. The number of rotatable bonds is 6. The van der Waals surface area contributed by atoms with Crippen LogP contribution in [-0.4, -0.2) is 24.3 Å². The highest BCUT2D eigenvalue weighted by molar-refractivity contribution is 7.80.